The molecule has 0 saturated heterocycles. The normalized spacial score (nSPS) is 10.5. The summed E-state index contributed by atoms with van der Waals surface area (Å²) < 4.78 is 1.21. The number of non-ortho nitro benzene ring substituents is 1. The zero-order valence-electron chi connectivity index (χ0n) is 17.1. The maximum atomic E-state index is 12.9. The number of hydrogen-bond donors (Lipinski definition) is 2. The molecule has 15 heteroatoms. The molecule has 2 heterocycles. The molecule has 34 heavy (non-hydrogen) atoms. The first kappa shape index (κ1) is 21.9. The molecule has 2 aromatic heterocycles. The number of hydrogen-bond acceptors (Lipinski definition) is 11. The Bertz CT molecular complexity index is 1360. The molecule has 0 fully saturated rings. The second kappa shape index (κ2) is 9.43. The second-order valence-corrected chi connectivity index (χ2v) is 6.70. The predicted molar refractivity (Wildman–Crippen MR) is 116 cm³/mol. The summed E-state index contributed by atoms with van der Waals surface area (Å²) in [5.41, 5.74) is -0.549. The van der Waals surface area contributed by atoms with Crippen LogP contribution in [-0.4, -0.2) is 45.9 Å². The Morgan fingerprint density at radius 1 is 1.06 bits per heavy atom. The van der Waals surface area contributed by atoms with Crippen LogP contribution in [-0.2, 0) is 6.54 Å². The maximum absolute atomic E-state index is 12.9. The topological polar surface area (TPSA) is 197 Å². The van der Waals surface area contributed by atoms with Crippen molar-refractivity contribution in [3.05, 3.63) is 92.4 Å². The summed E-state index contributed by atoms with van der Waals surface area (Å²) in [5.74, 6) is -0.565. The minimum atomic E-state index is -0.872. The highest BCUT2D eigenvalue weighted by Crippen LogP contribution is 2.27. The number of nitro groups is 2. The van der Waals surface area contributed by atoms with Crippen LogP contribution in [0.15, 0.2) is 61.1 Å². The maximum Gasteiger partial charge on any atom is 0.289 e. The quantitative estimate of drug-likeness (QED) is 0.287. The summed E-state index contributed by atoms with van der Waals surface area (Å²) in [7, 11) is 0. The van der Waals surface area contributed by atoms with Gasteiger partial charge in [0.2, 0.25) is 0 Å². The molecule has 15 nitrogen and oxygen atoms in total. The van der Waals surface area contributed by atoms with Crippen LogP contribution in [0, 0.1) is 20.2 Å². The molecule has 2 aromatic carbocycles. The molecule has 1 amide bonds. The van der Waals surface area contributed by atoms with Crippen molar-refractivity contribution in [1.29, 1.82) is 0 Å². The van der Waals surface area contributed by atoms with E-state index in [9.17, 15) is 25.0 Å². The van der Waals surface area contributed by atoms with Crippen molar-refractivity contribution in [3.8, 4) is 5.95 Å². The van der Waals surface area contributed by atoms with Crippen molar-refractivity contribution in [2.45, 2.75) is 6.54 Å². The number of nitro benzene ring substituents is 2. The van der Waals surface area contributed by atoms with Gasteiger partial charge in [0.1, 0.15) is 17.6 Å². The van der Waals surface area contributed by atoms with Gasteiger partial charge in [0.25, 0.3) is 23.2 Å². The zero-order chi connectivity index (χ0) is 24.1. The first-order chi connectivity index (χ1) is 16.4. The van der Waals surface area contributed by atoms with E-state index in [0.29, 0.717) is 6.54 Å². The Morgan fingerprint density at radius 2 is 1.85 bits per heavy atom. The molecule has 0 saturated carbocycles. The highest BCUT2D eigenvalue weighted by molar-refractivity contribution is 6.08. The summed E-state index contributed by atoms with van der Waals surface area (Å²) in [4.78, 5) is 42.0. The SMILES string of the molecule is O=C(Nc1cnc(-n2cnnn2)nc1NCc1ccccc1)c1ccc([N+](=O)[O-])cc1[N+](=O)[O-]. The number of nitrogens with zero attached hydrogens (tertiary/aromatic N) is 8. The minimum Gasteiger partial charge on any atom is -0.364 e. The molecule has 0 spiro atoms. The number of rotatable bonds is 8. The average molecular weight is 462 g/mol. The van der Waals surface area contributed by atoms with E-state index in [0.717, 1.165) is 23.8 Å². The van der Waals surface area contributed by atoms with Crippen molar-refractivity contribution in [1.82, 2.24) is 30.2 Å². The fraction of sp³-hybridized carbons (Fsp3) is 0.0526. The van der Waals surface area contributed by atoms with Crippen LogP contribution in [0.4, 0.5) is 22.9 Å². The highest BCUT2D eigenvalue weighted by Gasteiger charge is 2.25. The average Bonchev–Trinajstić information content (AvgIpc) is 3.38. The molecule has 4 rings (SSSR count). The molecule has 0 radical (unpaired) electrons. The molecule has 0 aliphatic heterocycles. The van der Waals surface area contributed by atoms with E-state index in [1.165, 1.54) is 17.2 Å². The van der Waals surface area contributed by atoms with E-state index >= 15 is 0 Å². The third-order valence-electron chi connectivity index (χ3n) is 4.51. The predicted octanol–water partition coefficient (Wildman–Crippen LogP) is 2.13. The van der Waals surface area contributed by atoms with Crippen LogP contribution < -0.4 is 10.6 Å². The summed E-state index contributed by atoms with van der Waals surface area (Å²) >= 11 is 0. The smallest absolute Gasteiger partial charge is 0.289 e. The Kier molecular flexibility index (Phi) is 6.07. The van der Waals surface area contributed by atoms with Gasteiger partial charge in [-0.1, -0.05) is 30.3 Å². The Balaban J connectivity index is 1.66. The zero-order valence-corrected chi connectivity index (χ0v) is 17.1. The van der Waals surface area contributed by atoms with E-state index < -0.39 is 27.1 Å². The number of anilines is 2. The van der Waals surface area contributed by atoms with Crippen molar-refractivity contribution in [2.24, 2.45) is 0 Å². The molecular formula is C19H14N10O5. The molecule has 0 aliphatic carbocycles. The summed E-state index contributed by atoms with van der Waals surface area (Å²) in [5, 5.41) is 38.7. The van der Waals surface area contributed by atoms with E-state index in [-0.39, 0.29) is 23.0 Å². The molecule has 170 valence electrons. The number of aromatic nitrogens is 6. The summed E-state index contributed by atoms with van der Waals surface area (Å²) in [6.45, 7) is 0.341. The van der Waals surface area contributed by atoms with Crippen LogP contribution >= 0.6 is 0 Å². The number of carbonyl (C=O) groups is 1. The summed E-state index contributed by atoms with van der Waals surface area (Å²) in [6, 6.07) is 12.1. The number of benzene rings is 2. The third-order valence-corrected chi connectivity index (χ3v) is 4.51. The molecule has 0 bridgehead atoms. The van der Waals surface area contributed by atoms with Gasteiger partial charge < -0.3 is 10.6 Å². The van der Waals surface area contributed by atoms with Gasteiger partial charge in [-0.25, -0.2) is 4.98 Å². The van der Waals surface area contributed by atoms with Crippen molar-refractivity contribution >= 4 is 28.8 Å². The van der Waals surface area contributed by atoms with Crippen LogP contribution in [0.5, 0.6) is 0 Å². The minimum absolute atomic E-state index is 0.111. The van der Waals surface area contributed by atoms with E-state index in [4.69, 9.17) is 0 Å². The first-order valence-corrected chi connectivity index (χ1v) is 9.55. The highest BCUT2D eigenvalue weighted by atomic mass is 16.6. The van der Waals surface area contributed by atoms with Crippen molar-refractivity contribution < 1.29 is 14.6 Å². The monoisotopic (exact) mass is 462 g/mol. The van der Waals surface area contributed by atoms with Crippen molar-refractivity contribution in [2.75, 3.05) is 10.6 Å². The van der Waals surface area contributed by atoms with Gasteiger partial charge in [-0.3, -0.25) is 25.0 Å². The number of carbonyl (C=O) groups excluding carboxylic acids is 1. The fourth-order valence-corrected chi connectivity index (χ4v) is 2.91. The van der Waals surface area contributed by atoms with Crippen LogP contribution in [0.25, 0.3) is 5.95 Å². The van der Waals surface area contributed by atoms with Crippen LogP contribution in [0.1, 0.15) is 15.9 Å². The van der Waals surface area contributed by atoms with Gasteiger partial charge in [0.05, 0.1) is 22.1 Å². The van der Waals surface area contributed by atoms with E-state index in [1.54, 1.807) is 0 Å². The van der Waals surface area contributed by atoms with Crippen molar-refractivity contribution in [3.63, 3.8) is 0 Å². The molecule has 0 aliphatic rings. The number of tetrazole rings is 1. The Morgan fingerprint density at radius 3 is 2.53 bits per heavy atom. The molecule has 0 unspecified atom stereocenters. The lowest BCUT2D eigenvalue weighted by Crippen LogP contribution is -2.17. The van der Waals surface area contributed by atoms with E-state index in [1.807, 2.05) is 30.3 Å². The third kappa shape index (κ3) is 4.77. The fourth-order valence-electron chi connectivity index (χ4n) is 2.91. The standard InChI is InChI=1S/C19H14N10O5/c30-18(14-7-6-13(28(31)32)8-16(14)29(33)34)23-15-10-21-19(27-11-22-25-26-27)24-17(15)20-9-12-4-2-1-3-5-12/h1-8,10-11H,9H2,(H,23,30)(H,20,21,24). The lowest BCUT2D eigenvalue weighted by Gasteiger charge is -2.13. The number of amides is 1. The molecule has 2 N–H and O–H groups in total. The summed E-state index contributed by atoms with van der Waals surface area (Å²) in [6.07, 6.45) is 2.57. The van der Waals surface area contributed by atoms with Gasteiger partial charge in [0.15, 0.2) is 5.82 Å². The van der Waals surface area contributed by atoms with Crippen LogP contribution in [0.3, 0.4) is 0 Å². The Labute approximate surface area is 189 Å². The van der Waals surface area contributed by atoms with Crippen LogP contribution in [0.2, 0.25) is 0 Å². The van der Waals surface area contributed by atoms with E-state index in [2.05, 4.69) is 36.1 Å². The number of nitrogens with one attached hydrogen (secondary N) is 2. The first-order valence-electron chi connectivity index (χ1n) is 9.55. The van der Waals surface area contributed by atoms with Gasteiger partial charge in [-0.05, 0) is 22.1 Å². The molecule has 4 aromatic rings. The van der Waals surface area contributed by atoms with Gasteiger partial charge >= 0.3 is 0 Å². The Hall–Kier alpha value is -5.34. The van der Waals surface area contributed by atoms with Gasteiger partial charge in [-0.2, -0.15) is 9.67 Å². The second-order valence-electron chi connectivity index (χ2n) is 6.70. The van der Waals surface area contributed by atoms with Gasteiger partial charge in [-0.15, -0.1) is 5.10 Å². The molecule has 0 atom stereocenters. The lowest BCUT2D eigenvalue weighted by molar-refractivity contribution is -0.394. The molecular weight excluding hydrogens is 448 g/mol. The lowest BCUT2D eigenvalue weighted by atomic mass is 10.1. The largest absolute Gasteiger partial charge is 0.364 e. The van der Waals surface area contributed by atoms with Gasteiger partial charge in [0, 0.05) is 12.6 Å².